The minimum atomic E-state index is 0.123. The summed E-state index contributed by atoms with van der Waals surface area (Å²) in [5.74, 6) is 0. The third-order valence-electron chi connectivity index (χ3n) is 4.05. The molecule has 0 aromatic carbocycles. The van der Waals surface area contributed by atoms with E-state index in [2.05, 4.69) is 24.1 Å². The van der Waals surface area contributed by atoms with Crippen LogP contribution in [0.1, 0.15) is 39.5 Å². The Kier molecular flexibility index (Phi) is 4.22. The molecule has 2 rings (SSSR count). The predicted octanol–water partition coefficient (Wildman–Crippen LogP) is 1.63. The van der Waals surface area contributed by atoms with Crippen molar-refractivity contribution in [1.82, 2.24) is 10.2 Å². The van der Waals surface area contributed by atoms with Gasteiger partial charge in [-0.05, 0) is 32.7 Å². The van der Waals surface area contributed by atoms with Gasteiger partial charge in [-0.1, -0.05) is 13.3 Å². The fourth-order valence-electron chi connectivity index (χ4n) is 2.81. The van der Waals surface area contributed by atoms with E-state index in [1.807, 2.05) is 0 Å². The first kappa shape index (κ1) is 12.3. The molecule has 3 heteroatoms. The van der Waals surface area contributed by atoms with Gasteiger partial charge < -0.3 is 10.1 Å². The zero-order chi connectivity index (χ0) is 11.4. The normalized spacial score (nSPS) is 30.0. The van der Waals surface area contributed by atoms with Crippen molar-refractivity contribution in [3.05, 3.63) is 0 Å². The van der Waals surface area contributed by atoms with Crippen molar-refractivity contribution < 1.29 is 4.74 Å². The van der Waals surface area contributed by atoms with E-state index in [0.717, 1.165) is 32.3 Å². The van der Waals surface area contributed by atoms with Crippen LogP contribution in [0, 0.1) is 0 Å². The highest BCUT2D eigenvalue weighted by atomic mass is 16.5. The van der Waals surface area contributed by atoms with Gasteiger partial charge in [0, 0.05) is 25.7 Å². The summed E-state index contributed by atoms with van der Waals surface area (Å²) in [6, 6.07) is 0.810. The zero-order valence-corrected chi connectivity index (χ0v) is 10.8. The Hall–Kier alpha value is -0.120. The van der Waals surface area contributed by atoms with Crippen LogP contribution in [0.15, 0.2) is 0 Å². The van der Waals surface area contributed by atoms with Crippen LogP contribution in [-0.4, -0.2) is 49.3 Å². The number of ether oxygens (including phenoxy) is 1. The topological polar surface area (TPSA) is 24.5 Å². The van der Waals surface area contributed by atoms with Crippen LogP contribution >= 0.6 is 0 Å². The van der Waals surface area contributed by atoms with Crippen LogP contribution in [0.3, 0.4) is 0 Å². The molecular formula is C13H26N2O. The Morgan fingerprint density at radius 2 is 2.19 bits per heavy atom. The Bertz CT molecular complexity index is 216. The molecule has 0 saturated carbocycles. The van der Waals surface area contributed by atoms with Crippen LogP contribution in [0.4, 0.5) is 0 Å². The van der Waals surface area contributed by atoms with Gasteiger partial charge in [0.2, 0.25) is 0 Å². The van der Waals surface area contributed by atoms with Crippen molar-refractivity contribution in [2.24, 2.45) is 0 Å². The van der Waals surface area contributed by atoms with E-state index in [0.29, 0.717) is 0 Å². The van der Waals surface area contributed by atoms with E-state index in [4.69, 9.17) is 4.74 Å². The molecule has 2 saturated heterocycles. The summed E-state index contributed by atoms with van der Waals surface area (Å²) in [5.41, 5.74) is 0.123. The van der Waals surface area contributed by atoms with Crippen molar-refractivity contribution in [3.63, 3.8) is 0 Å². The Morgan fingerprint density at radius 3 is 2.81 bits per heavy atom. The lowest BCUT2D eigenvalue weighted by molar-refractivity contribution is -0.0760. The van der Waals surface area contributed by atoms with E-state index in [1.54, 1.807) is 0 Å². The second kappa shape index (κ2) is 5.48. The molecular weight excluding hydrogens is 200 g/mol. The first-order chi connectivity index (χ1) is 7.73. The highest BCUT2D eigenvalue weighted by molar-refractivity contribution is 4.90. The molecule has 1 atom stereocenters. The molecule has 94 valence electrons. The highest BCUT2D eigenvalue weighted by Gasteiger charge is 2.32. The predicted molar refractivity (Wildman–Crippen MR) is 66.7 cm³/mol. The van der Waals surface area contributed by atoms with Crippen molar-refractivity contribution in [2.45, 2.75) is 51.2 Å². The average molecular weight is 226 g/mol. The molecule has 0 aromatic heterocycles. The molecule has 2 heterocycles. The molecule has 3 nitrogen and oxygen atoms in total. The Balaban J connectivity index is 1.67. The number of hydrogen-bond acceptors (Lipinski definition) is 3. The number of rotatable bonds is 5. The van der Waals surface area contributed by atoms with Gasteiger partial charge in [-0.25, -0.2) is 0 Å². The highest BCUT2D eigenvalue weighted by Crippen LogP contribution is 2.20. The van der Waals surface area contributed by atoms with E-state index in [1.165, 1.54) is 32.2 Å². The van der Waals surface area contributed by atoms with Crippen molar-refractivity contribution in [1.29, 1.82) is 0 Å². The van der Waals surface area contributed by atoms with Gasteiger partial charge in [-0.2, -0.15) is 0 Å². The number of nitrogens with zero attached hydrogens (tertiary/aromatic N) is 1. The summed E-state index contributed by atoms with van der Waals surface area (Å²) < 4.78 is 5.96. The number of likely N-dealkylation sites (tertiary alicyclic amines) is 1. The molecule has 16 heavy (non-hydrogen) atoms. The van der Waals surface area contributed by atoms with Gasteiger partial charge in [0.25, 0.3) is 0 Å². The molecule has 2 fully saturated rings. The van der Waals surface area contributed by atoms with Crippen LogP contribution in [0.2, 0.25) is 0 Å². The minimum Gasteiger partial charge on any atom is -0.371 e. The average Bonchev–Trinajstić information content (AvgIpc) is 2.27. The first-order valence-corrected chi connectivity index (χ1v) is 6.82. The summed E-state index contributed by atoms with van der Waals surface area (Å²) in [4.78, 5) is 2.62. The molecule has 1 unspecified atom stereocenters. The van der Waals surface area contributed by atoms with Crippen LogP contribution in [-0.2, 0) is 4.74 Å². The molecule has 0 amide bonds. The number of nitrogens with one attached hydrogen (secondary N) is 1. The molecule has 2 aliphatic heterocycles. The molecule has 0 spiro atoms. The Morgan fingerprint density at radius 1 is 1.38 bits per heavy atom. The van der Waals surface area contributed by atoms with Crippen LogP contribution < -0.4 is 5.32 Å². The quantitative estimate of drug-likeness (QED) is 0.771. The smallest absolute Gasteiger partial charge is 0.0902 e. The monoisotopic (exact) mass is 226 g/mol. The van der Waals surface area contributed by atoms with Gasteiger partial charge in [0.05, 0.1) is 12.2 Å². The lowest BCUT2D eigenvalue weighted by Crippen LogP contribution is -2.59. The SMILES string of the molecule is CCC1CCCCN1CCOC1(C)CNC1. The molecule has 1 N–H and O–H groups in total. The molecule has 2 aliphatic rings. The van der Waals surface area contributed by atoms with Crippen molar-refractivity contribution in [3.8, 4) is 0 Å². The lowest BCUT2D eigenvalue weighted by Gasteiger charge is -2.41. The largest absolute Gasteiger partial charge is 0.371 e. The van der Waals surface area contributed by atoms with Crippen molar-refractivity contribution in [2.75, 3.05) is 32.8 Å². The molecule has 0 aliphatic carbocycles. The van der Waals surface area contributed by atoms with Crippen LogP contribution in [0.25, 0.3) is 0 Å². The van der Waals surface area contributed by atoms with E-state index in [9.17, 15) is 0 Å². The number of piperidine rings is 1. The summed E-state index contributed by atoms with van der Waals surface area (Å²) in [5, 5.41) is 3.27. The second-order valence-corrected chi connectivity index (χ2v) is 5.50. The summed E-state index contributed by atoms with van der Waals surface area (Å²) in [6.45, 7) is 9.84. The zero-order valence-electron chi connectivity index (χ0n) is 10.8. The molecule has 0 radical (unpaired) electrons. The maximum absolute atomic E-state index is 5.96. The van der Waals surface area contributed by atoms with E-state index < -0.39 is 0 Å². The molecule has 0 bridgehead atoms. The van der Waals surface area contributed by atoms with Gasteiger partial charge in [-0.3, -0.25) is 4.90 Å². The lowest BCUT2D eigenvalue weighted by atomic mass is 9.99. The van der Waals surface area contributed by atoms with E-state index in [-0.39, 0.29) is 5.60 Å². The second-order valence-electron chi connectivity index (χ2n) is 5.50. The number of hydrogen-bond donors (Lipinski definition) is 1. The maximum Gasteiger partial charge on any atom is 0.0902 e. The van der Waals surface area contributed by atoms with Crippen LogP contribution in [0.5, 0.6) is 0 Å². The maximum atomic E-state index is 5.96. The third kappa shape index (κ3) is 2.96. The van der Waals surface area contributed by atoms with Gasteiger partial charge in [0.15, 0.2) is 0 Å². The molecule has 0 aromatic rings. The first-order valence-electron chi connectivity index (χ1n) is 6.82. The van der Waals surface area contributed by atoms with Gasteiger partial charge in [-0.15, -0.1) is 0 Å². The fraction of sp³-hybridized carbons (Fsp3) is 1.00. The minimum absolute atomic E-state index is 0.123. The standard InChI is InChI=1S/C13H26N2O/c1-3-12-6-4-5-7-15(12)8-9-16-13(2)10-14-11-13/h12,14H,3-11H2,1-2H3. The fourth-order valence-corrected chi connectivity index (χ4v) is 2.81. The van der Waals surface area contributed by atoms with Crippen molar-refractivity contribution >= 4 is 0 Å². The van der Waals surface area contributed by atoms with E-state index >= 15 is 0 Å². The van der Waals surface area contributed by atoms with Gasteiger partial charge >= 0.3 is 0 Å². The summed E-state index contributed by atoms with van der Waals surface area (Å²) >= 11 is 0. The summed E-state index contributed by atoms with van der Waals surface area (Å²) in [6.07, 6.45) is 5.46. The van der Waals surface area contributed by atoms with Gasteiger partial charge in [0.1, 0.15) is 0 Å². The summed E-state index contributed by atoms with van der Waals surface area (Å²) in [7, 11) is 0. The third-order valence-corrected chi connectivity index (χ3v) is 4.05. The Labute approximate surface area is 99.5 Å².